The molecule has 8 nitrogen and oxygen atoms in total. The van der Waals surface area contributed by atoms with Crippen LogP contribution in [0.1, 0.15) is 0 Å². The molecule has 49 heavy (non-hydrogen) atoms. The van der Waals surface area contributed by atoms with E-state index in [1.54, 1.807) is 48.5 Å². The third-order valence-corrected chi connectivity index (χ3v) is 10.6. The zero-order chi connectivity index (χ0) is 33.2. The molecule has 7 aromatic rings. The number of hydrogen-bond donors (Lipinski definition) is 0. The number of hydrogen-bond acceptors (Lipinski definition) is 6. The van der Waals surface area contributed by atoms with Gasteiger partial charge < -0.3 is 29.9 Å². The molecule has 0 saturated heterocycles. The van der Waals surface area contributed by atoms with Crippen molar-refractivity contribution < 1.29 is 16.5 Å². The Morgan fingerprint density at radius 3 is 0.776 bits per heavy atom. The monoisotopic (exact) mass is 842 g/mol. The molecule has 0 saturated carbocycles. The Bertz CT molecular complexity index is 2430. The van der Waals surface area contributed by atoms with Gasteiger partial charge in [0.05, 0.1) is 63.5 Å². The molecular formula is C32H8Cl8N8Ni. The van der Waals surface area contributed by atoms with Crippen LogP contribution in [0.2, 0.25) is 40.2 Å². The largest absolute Gasteiger partial charge is 2.00 e. The zero-order valence-corrected chi connectivity index (χ0v) is 30.6. The van der Waals surface area contributed by atoms with E-state index in [9.17, 15) is 0 Å². The molecule has 0 aliphatic carbocycles. The van der Waals surface area contributed by atoms with Gasteiger partial charge >= 0.3 is 16.5 Å². The van der Waals surface area contributed by atoms with Crippen LogP contribution in [-0.4, -0.2) is 29.9 Å². The first-order valence-electron chi connectivity index (χ1n) is 13.7. The van der Waals surface area contributed by atoms with Crippen LogP contribution >= 0.6 is 92.8 Å². The summed E-state index contributed by atoms with van der Waals surface area (Å²) in [4.78, 5) is 38.5. The van der Waals surface area contributed by atoms with Gasteiger partial charge in [-0.3, -0.25) is 0 Å². The van der Waals surface area contributed by atoms with E-state index in [-0.39, 0.29) is 62.4 Å². The molecule has 17 heteroatoms. The first-order valence-corrected chi connectivity index (χ1v) is 16.7. The van der Waals surface area contributed by atoms with Gasteiger partial charge in [0.2, 0.25) is 0 Å². The minimum atomic E-state index is 0. The molecule has 5 heterocycles. The third-order valence-electron chi connectivity index (χ3n) is 7.88. The smallest absolute Gasteiger partial charge is 0.357 e. The zero-order valence-electron chi connectivity index (χ0n) is 23.5. The maximum absolute atomic E-state index is 6.74. The number of benzene rings is 4. The fourth-order valence-electron chi connectivity index (χ4n) is 5.74. The van der Waals surface area contributed by atoms with Crippen molar-refractivity contribution in [2.45, 2.75) is 0 Å². The molecule has 0 unspecified atom stereocenters. The predicted octanol–water partition coefficient (Wildman–Crippen LogP) is 11.4. The maximum atomic E-state index is 6.74. The first-order chi connectivity index (χ1) is 23.0. The second kappa shape index (κ2) is 12.1. The molecule has 0 atom stereocenters. The Morgan fingerprint density at radius 1 is 0.327 bits per heavy atom. The Morgan fingerprint density at radius 2 is 0.551 bits per heavy atom. The van der Waals surface area contributed by atoms with E-state index >= 15 is 0 Å². The van der Waals surface area contributed by atoms with Gasteiger partial charge in [-0.1, -0.05) is 92.8 Å². The summed E-state index contributed by atoms with van der Waals surface area (Å²) < 4.78 is 0. The van der Waals surface area contributed by atoms with Gasteiger partial charge in [0.25, 0.3) is 0 Å². The van der Waals surface area contributed by atoms with Gasteiger partial charge in [0.1, 0.15) is 0 Å². The molecule has 242 valence electrons. The summed E-state index contributed by atoms with van der Waals surface area (Å²) in [5.74, 6) is 0.819. The average Bonchev–Trinajstić information content (AvgIpc) is 3.77. The van der Waals surface area contributed by atoms with Crippen molar-refractivity contribution in [3.8, 4) is 45.6 Å². The van der Waals surface area contributed by atoms with E-state index in [4.69, 9.17) is 133 Å². The SMILES string of the molecule is Clc1cc2c3nc4nc(nc5[n-]c(nc6nc(nc([n-]3)c2cc1Cl)-c1c(Cl)ccc(Cl)c1-6)c1cc(Cl)c(Cl)cc51)-c1c(Cl)ccc(Cl)c1-4.[Ni+2]. The normalized spacial score (nSPS) is 11.9. The second-order valence-corrected chi connectivity index (χ2v) is 13.9. The van der Waals surface area contributed by atoms with Crippen molar-refractivity contribution in [2.24, 2.45) is 0 Å². The molecule has 9 rings (SSSR count). The molecule has 2 aliphatic rings. The molecule has 8 bridgehead atoms. The van der Waals surface area contributed by atoms with Crippen LogP contribution in [0.15, 0.2) is 48.5 Å². The van der Waals surface area contributed by atoms with Gasteiger partial charge in [-0.05, 0) is 70.1 Å². The van der Waals surface area contributed by atoms with Crippen LogP contribution in [0.4, 0.5) is 0 Å². The van der Waals surface area contributed by atoms with Crippen molar-refractivity contribution in [3.63, 3.8) is 0 Å². The fraction of sp³-hybridized carbons (Fsp3) is 0. The minimum Gasteiger partial charge on any atom is -0.357 e. The van der Waals surface area contributed by atoms with E-state index in [0.29, 0.717) is 84.0 Å². The van der Waals surface area contributed by atoms with E-state index in [1.165, 1.54) is 0 Å². The van der Waals surface area contributed by atoms with Gasteiger partial charge in [-0.15, -0.1) is 0 Å². The molecule has 3 aromatic heterocycles. The van der Waals surface area contributed by atoms with Gasteiger partial charge in [0, 0.05) is 44.8 Å². The van der Waals surface area contributed by atoms with Crippen LogP contribution in [0.3, 0.4) is 0 Å². The molecular weight excluding hydrogens is 839 g/mol. The molecule has 0 amide bonds. The van der Waals surface area contributed by atoms with Gasteiger partial charge in [-0.25, -0.2) is 9.97 Å². The number of halogens is 8. The van der Waals surface area contributed by atoms with E-state index in [2.05, 4.69) is 0 Å². The van der Waals surface area contributed by atoms with Crippen LogP contribution in [0.5, 0.6) is 0 Å². The second-order valence-electron chi connectivity index (χ2n) is 10.7. The summed E-state index contributed by atoms with van der Waals surface area (Å²) in [5, 5.41) is 4.73. The Balaban J connectivity index is 0.00000348. The number of fused-ring (bicyclic) bond motifs is 20. The molecule has 0 radical (unpaired) electrons. The Hall–Kier alpha value is -2.95. The quantitative estimate of drug-likeness (QED) is 0.139. The van der Waals surface area contributed by atoms with Crippen molar-refractivity contribution in [2.75, 3.05) is 0 Å². The predicted molar refractivity (Wildman–Crippen MR) is 194 cm³/mol. The third kappa shape index (κ3) is 5.17. The van der Waals surface area contributed by atoms with E-state index in [1.807, 2.05) is 0 Å². The summed E-state index contributed by atoms with van der Waals surface area (Å²) in [7, 11) is 0. The summed E-state index contributed by atoms with van der Waals surface area (Å²) in [5.41, 5.74) is 2.78. The molecule has 2 aliphatic heterocycles. The standard InChI is InChI=1S/C32H8Cl8N8.Ni/c33-13-1-2-14(34)22-21(13)29-43-25-9-5-17(37)18(38)6-10(9)27(41-25)45-31-23-15(35)3-4-16(36)24(23)32(48-31)46-28-12-8-20(40)19(39)7-11(12)26(42-28)44-30(22)47-29;/h1-8H;/q-2;+2. The summed E-state index contributed by atoms with van der Waals surface area (Å²) in [6, 6.07) is 13.2. The first kappa shape index (κ1) is 33.2. The molecule has 0 N–H and O–H groups in total. The van der Waals surface area contributed by atoms with Crippen molar-refractivity contribution in [1.29, 1.82) is 0 Å². The topological polar surface area (TPSA) is 106 Å². The molecule has 4 aromatic carbocycles. The maximum Gasteiger partial charge on any atom is 2.00 e. The molecule has 0 spiro atoms. The minimum absolute atomic E-state index is 0. The fourth-order valence-corrected chi connectivity index (χ4v) is 7.37. The summed E-state index contributed by atoms with van der Waals surface area (Å²) in [6.07, 6.45) is 0. The summed E-state index contributed by atoms with van der Waals surface area (Å²) >= 11 is 52.8. The van der Waals surface area contributed by atoms with E-state index < -0.39 is 0 Å². The van der Waals surface area contributed by atoms with Gasteiger partial charge in [0.15, 0.2) is 0 Å². The van der Waals surface area contributed by atoms with Crippen molar-refractivity contribution in [3.05, 3.63) is 88.7 Å². The Kier molecular flexibility index (Phi) is 8.19. The summed E-state index contributed by atoms with van der Waals surface area (Å²) in [6.45, 7) is 0. The molecule has 0 fully saturated rings. The van der Waals surface area contributed by atoms with Crippen LogP contribution in [0, 0.1) is 0 Å². The average molecular weight is 847 g/mol. The van der Waals surface area contributed by atoms with E-state index in [0.717, 1.165) is 0 Å². The van der Waals surface area contributed by atoms with Crippen molar-refractivity contribution in [1.82, 2.24) is 39.9 Å². The number of aromatic nitrogens is 8. The van der Waals surface area contributed by atoms with Crippen LogP contribution < -0.4 is 9.97 Å². The van der Waals surface area contributed by atoms with Gasteiger partial charge in [-0.2, -0.15) is 0 Å². The van der Waals surface area contributed by atoms with Crippen molar-refractivity contribution >= 4 is 137 Å². The van der Waals surface area contributed by atoms with Crippen LogP contribution in [0.25, 0.3) is 89.7 Å². The number of rotatable bonds is 0. The number of nitrogens with zero attached hydrogens (tertiary/aromatic N) is 8. The van der Waals surface area contributed by atoms with Crippen LogP contribution in [-0.2, 0) is 16.5 Å². The Labute approximate surface area is 325 Å².